The number of aryl methyl sites for hydroxylation is 1. The molecule has 0 radical (unpaired) electrons. The molecule has 92 valence electrons. The third-order valence-electron chi connectivity index (χ3n) is 3.17. The van der Waals surface area contributed by atoms with E-state index in [9.17, 15) is 4.79 Å². The Morgan fingerprint density at radius 1 is 1.53 bits per heavy atom. The third kappa shape index (κ3) is 2.61. The van der Waals surface area contributed by atoms with Gasteiger partial charge in [-0.1, -0.05) is 11.6 Å². The van der Waals surface area contributed by atoms with E-state index < -0.39 is 0 Å². The lowest BCUT2D eigenvalue weighted by Crippen LogP contribution is -2.52. The van der Waals surface area contributed by atoms with Crippen molar-refractivity contribution in [1.29, 1.82) is 0 Å². The van der Waals surface area contributed by atoms with E-state index in [2.05, 4.69) is 12.2 Å². The van der Waals surface area contributed by atoms with Gasteiger partial charge in [0.15, 0.2) is 0 Å². The van der Waals surface area contributed by atoms with Crippen LogP contribution < -0.4 is 5.32 Å². The molecule has 1 heterocycles. The van der Waals surface area contributed by atoms with E-state index in [-0.39, 0.29) is 11.9 Å². The van der Waals surface area contributed by atoms with Crippen LogP contribution in [0.2, 0.25) is 5.02 Å². The van der Waals surface area contributed by atoms with Crippen molar-refractivity contribution >= 4 is 17.5 Å². The summed E-state index contributed by atoms with van der Waals surface area (Å²) in [5, 5.41) is 3.98. The minimum absolute atomic E-state index is 0.0961. The number of piperazine rings is 1. The molecule has 1 amide bonds. The smallest absolute Gasteiger partial charge is 0.254 e. The van der Waals surface area contributed by atoms with E-state index >= 15 is 0 Å². The lowest BCUT2D eigenvalue weighted by molar-refractivity contribution is 0.0655. The maximum Gasteiger partial charge on any atom is 0.254 e. The molecular formula is C13H17ClN2O. The zero-order chi connectivity index (χ0) is 12.4. The Morgan fingerprint density at radius 2 is 2.29 bits per heavy atom. The van der Waals surface area contributed by atoms with Crippen molar-refractivity contribution in [2.24, 2.45) is 0 Å². The van der Waals surface area contributed by atoms with E-state index in [1.54, 1.807) is 12.1 Å². The zero-order valence-electron chi connectivity index (χ0n) is 10.2. The van der Waals surface area contributed by atoms with Crippen molar-refractivity contribution in [2.75, 3.05) is 19.6 Å². The molecule has 3 nitrogen and oxygen atoms in total. The fourth-order valence-corrected chi connectivity index (χ4v) is 2.20. The largest absolute Gasteiger partial charge is 0.333 e. The van der Waals surface area contributed by atoms with Crippen molar-refractivity contribution in [3.05, 3.63) is 34.3 Å². The van der Waals surface area contributed by atoms with Gasteiger partial charge in [0, 0.05) is 36.3 Å². The first-order valence-corrected chi connectivity index (χ1v) is 6.25. The molecule has 0 unspecified atom stereocenters. The van der Waals surface area contributed by atoms with Crippen LogP contribution in [0, 0.1) is 6.92 Å². The van der Waals surface area contributed by atoms with Gasteiger partial charge in [-0.05, 0) is 37.6 Å². The molecular weight excluding hydrogens is 236 g/mol. The second-order valence-electron chi connectivity index (χ2n) is 4.52. The van der Waals surface area contributed by atoms with Crippen molar-refractivity contribution < 1.29 is 4.79 Å². The highest BCUT2D eigenvalue weighted by molar-refractivity contribution is 6.31. The lowest BCUT2D eigenvalue weighted by atomic mass is 10.1. The van der Waals surface area contributed by atoms with Gasteiger partial charge in [0.25, 0.3) is 5.91 Å². The Balaban J connectivity index is 2.21. The molecule has 0 bridgehead atoms. The summed E-state index contributed by atoms with van der Waals surface area (Å²) < 4.78 is 0. The second-order valence-corrected chi connectivity index (χ2v) is 4.92. The summed E-state index contributed by atoms with van der Waals surface area (Å²) in [4.78, 5) is 14.2. The number of carbonyl (C=O) groups is 1. The molecule has 1 aliphatic rings. The number of amides is 1. The van der Waals surface area contributed by atoms with Crippen LogP contribution in [0.5, 0.6) is 0 Å². The summed E-state index contributed by atoms with van der Waals surface area (Å²) in [6.45, 7) is 6.47. The number of hydrogen-bond donors (Lipinski definition) is 1. The van der Waals surface area contributed by atoms with Gasteiger partial charge in [0.1, 0.15) is 0 Å². The van der Waals surface area contributed by atoms with E-state index in [0.29, 0.717) is 5.02 Å². The number of halogens is 1. The Kier molecular flexibility index (Phi) is 3.69. The molecule has 1 saturated heterocycles. The lowest BCUT2D eigenvalue weighted by Gasteiger charge is -2.34. The van der Waals surface area contributed by atoms with Crippen LogP contribution in [-0.4, -0.2) is 36.5 Å². The van der Waals surface area contributed by atoms with Crippen molar-refractivity contribution in [2.45, 2.75) is 19.9 Å². The SMILES string of the molecule is Cc1cc(C(=O)N2CCNC[C@H]2C)ccc1Cl. The van der Waals surface area contributed by atoms with Crippen LogP contribution in [0.4, 0.5) is 0 Å². The first-order valence-electron chi connectivity index (χ1n) is 5.87. The quantitative estimate of drug-likeness (QED) is 0.830. The van der Waals surface area contributed by atoms with Gasteiger partial charge in [-0.25, -0.2) is 0 Å². The van der Waals surface area contributed by atoms with Gasteiger partial charge in [0.05, 0.1) is 0 Å². The summed E-state index contributed by atoms with van der Waals surface area (Å²) in [5.74, 6) is 0.0961. The number of hydrogen-bond acceptors (Lipinski definition) is 2. The summed E-state index contributed by atoms with van der Waals surface area (Å²) in [7, 11) is 0. The standard InChI is InChI=1S/C13H17ClN2O/c1-9-7-11(3-4-12(9)14)13(17)16-6-5-15-8-10(16)2/h3-4,7,10,15H,5-6,8H2,1-2H3/t10-/m1/s1. The van der Waals surface area contributed by atoms with Gasteiger partial charge < -0.3 is 10.2 Å². The van der Waals surface area contributed by atoms with E-state index in [0.717, 1.165) is 30.8 Å². The Hall–Kier alpha value is -1.06. The fraction of sp³-hybridized carbons (Fsp3) is 0.462. The highest BCUT2D eigenvalue weighted by atomic mass is 35.5. The van der Waals surface area contributed by atoms with E-state index in [1.165, 1.54) is 0 Å². The third-order valence-corrected chi connectivity index (χ3v) is 3.59. The molecule has 0 saturated carbocycles. The zero-order valence-corrected chi connectivity index (χ0v) is 10.9. The Morgan fingerprint density at radius 3 is 2.94 bits per heavy atom. The number of nitrogens with zero attached hydrogens (tertiary/aromatic N) is 1. The molecule has 1 N–H and O–H groups in total. The van der Waals surface area contributed by atoms with Gasteiger partial charge in [-0.15, -0.1) is 0 Å². The topological polar surface area (TPSA) is 32.3 Å². The van der Waals surface area contributed by atoms with E-state index in [4.69, 9.17) is 11.6 Å². The molecule has 0 aliphatic carbocycles. The number of benzene rings is 1. The highest BCUT2D eigenvalue weighted by Crippen LogP contribution is 2.18. The predicted octanol–water partition coefficient (Wildman–Crippen LogP) is 2.08. The predicted molar refractivity (Wildman–Crippen MR) is 69.6 cm³/mol. The average molecular weight is 253 g/mol. The highest BCUT2D eigenvalue weighted by Gasteiger charge is 2.24. The molecule has 1 aromatic rings. The maximum atomic E-state index is 12.3. The first kappa shape index (κ1) is 12.4. The summed E-state index contributed by atoms with van der Waals surface area (Å²) in [6.07, 6.45) is 0. The van der Waals surface area contributed by atoms with Gasteiger partial charge in [0.2, 0.25) is 0 Å². The minimum Gasteiger partial charge on any atom is -0.333 e. The van der Waals surface area contributed by atoms with Crippen molar-refractivity contribution in [3.63, 3.8) is 0 Å². The Labute approximate surface area is 107 Å². The van der Waals surface area contributed by atoms with Crippen LogP contribution in [0.15, 0.2) is 18.2 Å². The van der Waals surface area contributed by atoms with Crippen LogP contribution in [-0.2, 0) is 0 Å². The monoisotopic (exact) mass is 252 g/mol. The molecule has 0 spiro atoms. The molecule has 4 heteroatoms. The summed E-state index contributed by atoms with van der Waals surface area (Å²) in [6, 6.07) is 5.69. The summed E-state index contributed by atoms with van der Waals surface area (Å²) >= 11 is 5.96. The molecule has 17 heavy (non-hydrogen) atoms. The fourth-order valence-electron chi connectivity index (χ4n) is 2.09. The van der Waals surface area contributed by atoms with Crippen LogP contribution in [0.1, 0.15) is 22.8 Å². The van der Waals surface area contributed by atoms with Crippen molar-refractivity contribution in [1.82, 2.24) is 10.2 Å². The second kappa shape index (κ2) is 5.07. The van der Waals surface area contributed by atoms with Crippen LogP contribution >= 0.6 is 11.6 Å². The molecule has 1 aliphatic heterocycles. The van der Waals surface area contributed by atoms with Crippen LogP contribution in [0.3, 0.4) is 0 Å². The van der Waals surface area contributed by atoms with E-state index in [1.807, 2.05) is 17.9 Å². The van der Waals surface area contributed by atoms with Crippen molar-refractivity contribution in [3.8, 4) is 0 Å². The van der Waals surface area contributed by atoms with Gasteiger partial charge in [-0.2, -0.15) is 0 Å². The summed E-state index contributed by atoms with van der Waals surface area (Å²) in [5.41, 5.74) is 1.67. The first-order chi connectivity index (χ1) is 8.09. The number of rotatable bonds is 1. The molecule has 1 aromatic carbocycles. The normalized spacial score (nSPS) is 20.4. The minimum atomic E-state index is 0.0961. The molecule has 2 rings (SSSR count). The molecule has 1 atom stereocenters. The van der Waals surface area contributed by atoms with Crippen LogP contribution in [0.25, 0.3) is 0 Å². The van der Waals surface area contributed by atoms with Gasteiger partial charge >= 0.3 is 0 Å². The molecule has 1 fully saturated rings. The number of carbonyl (C=O) groups excluding carboxylic acids is 1. The number of nitrogens with one attached hydrogen (secondary N) is 1. The Bertz CT molecular complexity index is 433. The average Bonchev–Trinajstić information content (AvgIpc) is 2.32. The molecule has 0 aromatic heterocycles. The maximum absolute atomic E-state index is 12.3. The van der Waals surface area contributed by atoms with Gasteiger partial charge in [-0.3, -0.25) is 4.79 Å².